The number of phenols is 1. The maximum Gasteiger partial charge on any atom is 0.245 e. The predicted molar refractivity (Wildman–Crippen MR) is 275 cm³/mol. The van der Waals surface area contributed by atoms with E-state index >= 15 is 0 Å². The molecule has 0 unspecified atom stereocenters. The van der Waals surface area contributed by atoms with Crippen LogP contribution in [0.1, 0.15) is 99.0 Å². The van der Waals surface area contributed by atoms with Gasteiger partial charge in [-0.15, -0.1) is 0 Å². The minimum absolute atomic E-state index is 0.0236. The Morgan fingerprint density at radius 1 is 0.697 bits per heavy atom. The molecule has 422 valence electrons. The summed E-state index contributed by atoms with van der Waals surface area (Å²) in [7, 11) is 0. The lowest BCUT2D eigenvalue weighted by Gasteiger charge is -2.30. The predicted octanol–water partition coefficient (Wildman–Crippen LogP) is -4.38. The van der Waals surface area contributed by atoms with Crippen LogP contribution >= 0.6 is 0 Å². The van der Waals surface area contributed by atoms with Gasteiger partial charge in [-0.3, -0.25) is 57.7 Å². The highest BCUT2D eigenvalue weighted by Gasteiger charge is 2.40. The number of carbonyl (C=O) groups is 11. The number of carbonyl (C=O) groups excluding carboxylic acids is 11. The molecule has 1 aromatic rings. The number of aliphatic hydroxyl groups excluding tert-OH is 1. The first-order chi connectivity index (χ1) is 35.7. The monoisotopic (exact) mass is 1070 g/mol. The van der Waals surface area contributed by atoms with Gasteiger partial charge in [0.05, 0.1) is 13.2 Å². The summed E-state index contributed by atoms with van der Waals surface area (Å²) in [5.41, 5.74) is 16.6. The van der Waals surface area contributed by atoms with Crippen molar-refractivity contribution in [3.05, 3.63) is 29.8 Å². The molecule has 2 saturated heterocycles. The van der Waals surface area contributed by atoms with E-state index in [-0.39, 0.29) is 81.6 Å². The molecule has 0 bridgehead atoms. The number of benzene rings is 1. The van der Waals surface area contributed by atoms with Gasteiger partial charge >= 0.3 is 0 Å². The smallest absolute Gasteiger partial charge is 0.245 e. The van der Waals surface area contributed by atoms with Crippen molar-refractivity contribution in [3.8, 4) is 5.75 Å². The molecule has 17 N–H and O–H groups in total. The number of hydrogen-bond acceptors (Lipinski definition) is 14. The first-order valence-electron chi connectivity index (χ1n) is 25.4. The maximum absolute atomic E-state index is 14.1. The Kier molecular flexibility index (Phi) is 24.8. The fourth-order valence-corrected chi connectivity index (χ4v) is 8.39. The van der Waals surface area contributed by atoms with Crippen molar-refractivity contribution < 1.29 is 63.0 Å². The highest BCUT2D eigenvalue weighted by molar-refractivity contribution is 5.99. The van der Waals surface area contributed by atoms with E-state index in [2.05, 4.69) is 52.8 Å². The quantitative estimate of drug-likeness (QED) is 0.0205. The van der Waals surface area contributed by atoms with Gasteiger partial charge in [0, 0.05) is 25.9 Å². The van der Waals surface area contributed by atoms with Crippen molar-refractivity contribution in [1.82, 2.24) is 52.8 Å². The number of primary amides is 1. The van der Waals surface area contributed by atoms with E-state index in [9.17, 15) is 63.0 Å². The van der Waals surface area contributed by atoms with Crippen LogP contribution in [0.4, 0.5) is 0 Å². The molecule has 76 heavy (non-hydrogen) atoms. The standard InChI is InChI=1S/C49H78N14O13/c1-24(2)20-32(43(71)57-31(10-8-18-53-49(51)52)48(76)63-19-9-11-35(63)45(73)54-22-36(50)66)58-40(68)27(7)55-42(70)33(21-28-12-14-29(65)15-13-28)59-44(72)34(23-64)60-46(74)38(25(3)4)62-47(75)39(26(5)6)61-41(69)30-16-17-37(67)56-30/h12-15,24-27,30-35,38-39,64-65H,8-11,16-23H2,1-7H3,(H2,50,66)(H,54,73)(H,55,70)(H,56,67)(H,57,71)(H,58,68)(H,59,72)(H,60,74)(H,61,69)(H,62,75)(H4,51,52,53)/t27-,30+,31+,32+,33+,34+,35+,38+,39+/m1/s1. The zero-order valence-electron chi connectivity index (χ0n) is 44.2. The van der Waals surface area contributed by atoms with E-state index < -0.39 is 138 Å². The number of aromatic hydroxyl groups is 1. The average molecular weight is 1070 g/mol. The van der Waals surface area contributed by atoms with Crippen LogP contribution in [0.2, 0.25) is 0 Å². The number of nitrogens with zero attached hydrogens (tertiary/aromatic N) is 2. The lowest BCUT2D eigenvalue weighted by atomic mass is 9.99. The van der Waals surface area contributed by atoms with Crippen LogP contribution < -0.4 is 65.1 Å². The summed E-state index contributed by atoms with van der Waals surface area (Å²) in [4.78, 5) is 151. The summed E-state index contributed by atoms with van der Waals surface area (Å²) in [5.74, 6) is -9.50. The number of aliphatic imine (C=N–C) groups is 1. The van der Waals surface area contributed by atoms with Crippen molar-refractivity contribution in [3.63, 3.8) is 0 Å². The Bertz CT molecular complexity index is 2270. The van der Waals surface area contributed by atoms with Crippen LogP contribution in [0.25, 0.3) is 0 Å². The molecule has 2 fully saturated rings. The Morgan fingerprint density at radius 2 is 1.26 bits per heavy atom. The zero-order valence-corrected chi connectivity index (χ0v) is 44.2. The van der Waals surface area contributed by atoms with E-state index in [4.69, 9.17) is 17.2 Å². The third-order valence-corrected chi connectivity index (χ3v) is 12.6. The second-order valence-corrected chi connectivity index (χ2v) is 20.1. The number of likely N-dealkylation sites (tertiary alicyclic amines) is 1. The van der Waals surface area contributed by atoms with Crippen LogP contribution in [0.3, 0.4) is 0 Å². The first-order valence-corrected chi connectivity index (χ1v) is 25.4. The lowest BCUT2D eigenvalue weighted by Crippen LogP contribution is -2.62. The molecule has 0 aromatic heterocycles. The summed E-state index contributed by atoms with van der Waals surface area (Å²) in [5, 5.41) is 43.3. The minimum Gasteiger partial charge on any atom is -0.508 e. The SMILES string of the molecule is CC(C)C[C@H](NC(=O)[C@@H](C)NC(=O)[C@H](Cc1ccc(O)cc1)NC(=O)[C@H](CO)NC(=O)[C@@H](NC(=O)[C@@H](NC(=O)[C@@H]1CCC(=O)N1)C(C)C)C(C)C)C(=O)N[C@@H](CCCN=C(N)N)C(=O)N1CCC[C@H]1C(=O)NCC(N)=O. The number of nitrogens with one attached hydrogen (secondary N) is 9. The Morgan fingerprint density at radius 3 is 1.83 bits per heavy atom. The molecule has 2 aliphatic heterocycles. The van der Waals surface area contributed by atoms with E-state index in [0.29, 0.717) is 12.0 Å². The number of rotatable bonds is 29. The molecule has 27 nitrogen and oxygen atoms in total. The highest BCUT2D eigenvalue weighted by atomic mass is 16.3. The average Bonchev–Trinajstić information content (AvgIpc) is 4.03. The molecule has 0 aliphatic carbocycles. The van der Waals surface area contributed by atoms with E-state index in [1.165, 1.54) is 36.1 Å². The third-order valence-electron chi connectivity index (χ3n) is 12.6. The molecule has 2 aliphatic rings. The summed E-state index contributed by atoms with van der Waals surface area (Å²) in [6, 6.07) is -5.54. The first kappa shape index (κ1) is 62.7. The van der Waals surface area contributed by atoms with Crippen molar-refractivity contribution in [2.75, 3.05) is 26.2 Å². The topological polar surface area (TPSA) is 430 Å². The van der Waals surface area contributed by atoms with Gasteiger partial charge in [0.25, 0.3) is 0 Å². The molecule has 11 amide bonds. The fourth-order valence-electron chi connectivity index (χ4n) is 8.39. The molecule has 0 spiro atoms. The molecule has 27 heteroatoms. The Labute approximate surface area is 441 Å². The second-order valence-electron chi connectivity index (χ2n) is 20.1. The highest BCUT2D eigenvalue weighted by Crippen LogP contribution is 2.21. The van der Waals surface area contributed by atoms with Crippen LogP contribution in [-0.2, 0) is 59.2 Å². The van der Waals surface area contributed by atoms with Gasteiger partial charge < -0.3 is 80.2 Å². The molecule has 3 rings (SSSR count). The summed E-state index contributed by atoms with van der Waals surface area (Å²) in [6.45, 7) is 10.3. The van der Waals surface area contributed by atoms with Gasteiger partial charge in [-0.1, -0.05) is 53.7 Å². The summed E-state index contributed by atoms with van der Waals surface area (Å²) in [6.07, 6.45) is 1.23. The minimum atomic E-state index is -1.68. The van der Waals surface area contributed by atoms with Crippen LogP contribution in [-0.4, -0.2) is 167 Å². The molecular weight excluding hydrogens is 993 g/mol. The molecule has 9 atom stereocenters. The molecule has 2 heterocycles. The molecule has 0 saturated carbocycles. The van der Waals surface area contributed by atoms with Crippen molar-refractivity contribution in [2.24, 2.45) is 39.9 Å². The van der Waals surface area contributed by atoms with Crippen LogP contribution in [0, 0.1) is 17.8 Å². The van der Waals surface area contributed by atoms with Crippen molar-refractivity contribution in [2.45, 2.75) is 154 Å². The van der Waals surface area contributed by atoms with Crippen molar-refractivity contribution in [1.29, 1.82) is 0 Å². The number of aliphatic hydroxyl groups is 1. The van der Waals surface area contributed by atoms with E-state index in [1.807, 2.05) is 0 Å². The normalized spacial score (nSPS) is 17.9. The van der Waals surface area contributed by atoms with Gasteiger partial charge in [-0.25, -0.2) is 0 Å². The maximum atomic E-state index is 14.1. The van der Waals surface area contributed by atoms with Gasteiger partial charge in [0.2, 0.25) is 65.0 Å². The number of phenolic OH excluding ortho intramolecular Hbond substituents is 1. The Balaban J connectivity index is 1.79. The molecule has 1 aromatic carbocycles. The molecule has 0 radical (unpaired) electrons. The van der Waals surface area contributed by atoms with E-state index in [0.717, 1.165) is 0 Å². The fraction of sp³-hybridized carbons (Fsp3) is 0.633. The third kappa shape index (κ3) is 19.9. The van der Waals surface area contributed by atoms with Crippen LogP contribution in [0.15, 0.2) is 29.3 Å². The van der Waals surface area contributed by atoms with Gasteiger partial charge in [0.15, 0.2) is 5.96 Å². The van der Waals surface area contributed by atoms with Gasteiger partial charge in [-0.2, -0.15) is 0 Å². The van der Waals surface area contributed by atoms with E-state index in [1.54, 1.807) is 41.5 Å². The summed E-state index contributed by atoms with van der Waals surface area (Å²) < 4.78 is 0. The van der Waals surface area contributed by atoms with Gasteiger partial charge in [0.1, 0.15) is 60.1 Å². The van der Waals surface area contributed by atoms with Crippen molar-refractivity contribution >= 4 is 70.9 Å². The second kappa shape index (κ2) is 30.1. The van der Waals surface area contributed by atoms with Gasteiger partial charge in [-0.05, 0) is 80.9 Å². The number of guanidine groups is 1. The van der Waals surface area contributed by atoms with Crippen LogP contribution in [0.5, 0.6) is 5.75 Å². The number of nitrogens with two attached hydrogens (primary N) is 3. The Hall–Kier alpha value is -7.58. The number of hydrogen-bond donors (Lipinski definition) is 14. The lowest BCUT2D eigenvalue weighted by molar-refractivity contribution is -0.142. The molecular formula is C49H78N14O13. The zero-order chi connectivity index (χ0) is 57.0. The summed E-state index contributed by atoms with van der Waals surface area (Å²) >= 11 is 0. The largest absolute Gasteiger partial charge is 0.508 e. The number of amides is 11.